The van der Waals surface area contributed by atoms with Crippen LogP contribution in [0.4, 0.5) is 0 Å². The van der Waals surface area contributed by atoms with E-state index in [4.69, 9.17) is 14.0 Å². The van der Waals surface area contributed by atoms with Crippen LogP contribution in [0.15, 0.2) is 53.1 Å². The molecule has 130 valence electrons. The van der Waals surface area contributed by atoms with Gasteiger partial charge in [0.25, 0.3) is 5.89 Å². The van der Waals surface area contributed by atoms with Crippen LogP contribution in [0.1, 0.15) is 25.2 Å². The number of aromatic nitrogens is 2. The molecule has 2 aromatic carbocycles. The molecule has 1 heterocycles. The lowest BCUT2D eigenvalue weighted by molar-refractivity contribution is 0.0785. The smallest absolute Gasteiger partial charge is 0.258 e. The molecule has 1 aromatic heterocycles. The summed E-state index contributed by atoms with van der Waals surface area (Å²) in [6.45, 7) is 3.67. The van der Waals surface area contributed by atoms with Crippen molar-refractivity contribution < 1.29 is 19.1 Å². The van der Waals surface area contributed by atoms with Crippen LogP contribution in [-0.2, 0) is 12.2 Å². The minimum absolute atomic E-state index is 0.196. The minimum Gasteiger partial charge on any atom is -0.497 e. The van der Waals surface area contributed by atoms with E-state index in [1.807, 2.05) is 36.4 Å². The molecule has 0 fully saturated rings. The highest BCUT2D eigenvalue weighted by atomic mass is 16.5. The van der Waals surface area contributed by atoms with Gasteiger partial charge in [-0.25, -0.2) is 0 Å². The number of methoxy groups -OCH3 is 1. The first-order valence-corrected chi connectivity index (χ1v) is 7.88. The molecule has 0 saturated heterocycles. The summed E-state index contributed by atoms with van der Waals surface area (Å²) in [5.74, 6) is 2.32. The zero-order valence-electron chi connectivity index (χ0n) is 14.4. The third-order valence-electron chi connectivity index (χ3n) is 3.73. The average molecular weight is 340 g/mol. The summed E-state index contributed by atoms with van der Waals surface area (Å²) in [6.07, 6.45) is 0. The predicted molar refractivity (Wildman–Crippen MR) is 92.3 cm³/mol. The van der Waals surface area contributed by atoms with Gasteiger partial charge in [0.2, 0.25) is 5.82 Å². The molecule has 25 heavy (non-hydrogen) atoms. The van der Waals surface area contributed by atoms with E-state index in [0.717, 1.165) is 16.9 Å². The Bertz CT molecular complexity index is 818. The first-order valence-electron chi connectivity index (χ1n) is 7.88. The topological polar surface area (TPSA) is 77.6 Å². The fraction of sp³-hybridized carbons (Fsp3) is 0.263. The van der Waals surface area contributed by atoms with Crippen molar-refractivity contribution in [1.29, 1.82) is 0 Å². The molecule has 0 spiro atoms. The predicted octanol–water partition coefficient (Wildman–Crippen LogP) is 3.55. The lowest BCUT2D eigenvalue weighted by Crippen LogP contribution is -2.14. The van der Waals surface area contributed by atoms with Crippen molar-refractivity contribution in [3.63, 3.8) is 0 Å². The van der Waals surface area contributed by atoms with Crippen LogP contribution in [0.5, 0.6) is 11.5 Å². The van der Waals surface area contributed by atoms with E-state index in [0.29, 0.717) is 17.5 Å². The summed E-state index contributed by atoms with van der Waals surface area (Å²) >= 11 is 0. The number of hydrogen-bond acceptors (Lipinski definition) is 6. The Morgan fingerprint density at radius 3 is 2.24 bits per heavy atom. The average Bonchev–Trinajstić information content (AvgIpc) is 3.09. The molecule has 0 aliphatic carbocycles. The molecule has 3 aromatic rings. The van der Waals surface area contributed by atoms with Gasteiger partial charge in [-0.1, -0.05) is 17.3 Å². The minimum atomic E-state index is -0.876. The maximum Gasteiger partial charge on any atom is 0.258 e. The highest BCUT2D eigenvalue weighted by Crippen LogP contribution is 2.23. The Hall–Kier alpha value is -2.86. The van der Waals surface area contributed by atoms with E-state index < -0.39 is 5.60 Å². The molecular formula is C19H20N2O4. The lowest BCUT2D eigenvalue weighted by atomic mass is 9.99. The van der Waals surface area contributed by atoms with Crippen LogP contribution in [0.25, 0.3) is 11.5 Å². The molecule has 6 heteroatoms. The summed E-state index contributed by atoms with van der Waals surface area (Å²) in [6, 6.07) is 14.6. The van der Waals surface area contributed by atoms with Crippen LogP contribution in [-0.4, -0.2) is 22.4 Å². The molecule has 0 unspecified atom stereocenters. The van der Waals surface area contributed by atoms with Gasteiger partial charge < -0.3 is 19.1 Å². The third kappa shape index (κ3) is 4.16. The second kappa shape index (κ2) is 6.94. The molecule has 0 atom stereocenters. The van der Waals surface area contributed by atoms with Crippen molar-refractivity contribution in [2.45, 2.75) is 26.1 Å². The fourth-order valence-corrected chi connectivity index (χ4v) is 2.27. The number of nitrogens with zero attached hydrogens (tertiary/aromatic N) is 2. The van der Waals surface area contributed by atoms with E-state index in [-0.39, 0.29) is 6.61 Å². The molecular weight excluding hydrogens is 320 g/mol. The normalized spacial score (nSPS) is 11.4. The maximum atomic E-state index is 9.95. The fourth-order valence-electron chi connectivity index (χ4n) is 2.27. The van der Waals surface area contributed by atoms with E-state index in [1.165, 1.54) is 0 Å². The molecule has 0 radical (unpaired) electrons. The standard InChI is InChI=1S/C19H20N2O4/c1-19(2,22)14-6-10-16(11-7-14)24-12-17-20-18(25-21-17)13-4-8-15(23-3)9-5-13/h4-11,22H,12H2,1-3H3. The number of aliphatic hydroxyl groups is 1. The Morgan fingerprint density at radius 1 is 1.00 bits per heavy atom. The Labute approximate surface area is 146 Å². The summed E-state index contributed by atoms with van der Waals surface area (Å²) in [4.78, 5) is 4.32. The van der Waals surface area contributed by atoms with Crippen molar-refractivity contribution in [3.05, 3.63) is 59.9 Å². The van der Waals surface area contributed by atoms with Crippen LogP contribution in [0, 0.1) is 0 Å². The van der Waals surface area contributed by atoms with Gasteiger partial charge in [0.15, 0.2) is 6.61 Å². The van der Waals surface area contributed by atoms with Gasteiger partial charge in [-0.05, 0) is 55.8 Å². The number of ether oxygens (including phenoxy) is 2. The van der Waals surface area contributed by atoms with Crippen LogP contribution in [0.3, 0.4) is 0 Å². The zero-order chi connectivity index (χ0) is 17.9. The molecule has 3 rings (SSSR count). The molecule has 6 nitrogen and oxygen atoms in total. The quantitative estimate of drug-likeness (QED) is 0.739. The van der Waals surface area contributed by atoms with Crippen LogP contribution >= 0.6 is 0 Å². The van der Waals surface area contributed by atoms with Gasteiger partial charge in [0.05, 0.1) is 12.7 Å². The largest absolute Gasteiger partial charge is 0.497 e. The zero-order valence-corrected chi connectivity index (χ0v) is 14.4. The van der Waals surface area contributed by atoms with Gasteiger partial charge in [-0.2, -0.15) is 4.98 Å². The van der Waals surface area contributed by atoms with Crippen LogP contribution in [0.2, 0.25) is 0 Å². The molecule has 0 amide bonds. The molecule has 0 saturated carbocycles. The Kier molecular flexibility index (Phi) is 4.72. The molecule has 1 N–H and O–H groups in total. The molecule has 0 bridgehead atoms. The summed E-state index contributed by atoms with van der Waals surface area (Å²) in [5, 5.41) is 13.9. The van der Waals surface area contributed by atoms with E-state index in [9.17, 15) is 5.11 Å². The molecule has 0 aliphatic rings. The second-order valence-corrected chi connectivity index (χ2v) is 6.12. The summed E-state index contributed by atoms with van der Waals surface area (Å²) < 4.78 is 16.0. The monoisotopic (exact) mass is 340 g/mol. The van der Waals surface area contributed by atoms with E-state index in [2.05, 4.69) is 10.1 Å². The molecule has 0 aliphatic heterocycles. The van der Waals surface area contributed by atoms with Crippen molar-refractivity contribution >= 4 is 0 Å². The first kappa shape index (κ1) is 17.0. The number of hydrogen-bond donors (Lipinski definition) is 1. The maximum absolute atomic E-state index is 9.95. The van der Waals surface area contributed by atoms with Crippen LogP contribution < -0.4 is 9.47 Å². The summed E-state index contributed by atoms with van der Waals surface area (Å²) in [7, 11) is 1.62. The third-order valence-corrected chi connectivity index (χ3v) is 3.73. The van der Waals surface area contributed by atoms with Gasteiger partial charge in [-0.3, -0.25) is 0 Å². The highest BCUT2D eigenvalue weighted by molar-refractivity contribution is 5.54. The van der Waals surface area contributed by atoms with Gasteiger partial charge >= 0.3 is 0 Å². The Balaban J connectivity index is 1.63. The second-order valence-electron chi connectivity index (χ2n) is 6.12. The van der Waals surface area contributed by atoms with Gasteiger partial charge in [0, 0.05) is 5.56 Å². The van der Waals surface area contributed by atoms with Crippen molar-refractivity contribution in [1.82, 2.24) is 10.1 Å². The van der Waals surface area contributed by atoms with Crippen molar-refractivity contribution in [2.24, 2.45) is 0 Å². The van der Waals surface area contributed by atoms with E-state index in [1.54, 1.807) is 33.1 Å². The van der Waals surface area contributed by atoms with Gasteiger partial charge in [0.1, 0.15) is 11.5 Å². The SMILES string of the molecule is COc1ccc(-c2nc(COc3ccc(C(C)(C)O)cc3)no2)cc1. The summed E-state index contributed by atoms with van der Waals surface area (Å²) in [5.41, 5.74) is 0.759. The first-order chi connectivity index (χ1) is 12.0. The van der Waals surface area contributed by atoms with Crippen molar-refractivity contribution in [3.8, 4) is 23.0 Å². The van der Waals surface area contributed by atoms with Crippen molar-refractivity contribution in [2.75, 3.05) is 7.11 Å². The van der Waals surface area contributed by atoms with Gasteiger partial charge in [-0.15, -0.1) is 0 Å². The Morgan fingerprint density at radius 2 is 1.64 bits per heavy atom. The number of rotatable bonds is 6. The lowest BCUT2D eigenvalue weighted by Gasteiger charge is -2.17. The highest BCUT2D eigenvalue weighted by Gasteiger charge is 2.15. The van der Waals surface area contributed by atoms with E-state index >= 15 is 0 Å². The number of benzene rings is 2.